The van der Waals surface area contributed by atoms with E-state index >= 15 is 0 Å². The van der Waals surface area contributed by atoms with Crippen LogP contribution in [-0.4, -0.2) is 18.0 Å². The largest absolute Gasteiger partial charge is 0.382 e. The molecule has 1 aliphatic heterocycles. The monoisotopic (exact) mass is 288 g/mol. The van der Waals surface area contributed by atoms with Crippen molar-refractivity contribution >= 4 is 11.6 Å². The van der Waals surface area contributed by atoms with Crippen molar-refractivity contribution in [3.63, 3.8) is 0 Å². The predicted molar refractivity (Wildman–Crippen MR) is 88.4 cm³/mol. The molecule has 2 rings (SSSR count). The molecule has 0 bridgehead atoms. The lowest BCUT2D eigenvalue weighted by Crippen LogP contribution is -2.46. The minimum Gasteiger partial charge on any atom is -0.382 e. The molecule has 4 atom stereocenters. The molecule has 0 spiro atoms. The predicted octanol–water partition coefficient (Wildman–Crippen LogP) is 3.60. The lowest BCUT2D eigenvalue weighted by atomic mass is 9.87. The van der Waals surface area contributed by atoms with Gasteiger partial charge < -0.3 is 10.6 Å². The fourth-order valence-corrected chi connectivity index (χ4v) is 3.10. The van der Waals surface area contributed by atoms with E-state index in [0.29, 0.717) is 5.92 Å². The van der Waals surface area contributed by atoms with Crippen LogP contribution >= 0.6 is 0 Å². The van der Waals surface area contributed by atoms with Crippen LogP contribution in [0.3, 0.4) is 0 Å². The van der Waals surface area contributed by atoms with Crippen LogP contribution in [0.15, 0.2) is 24.3 Å². The van der Waals surface area contributed by atoms with Crippen LogP contribution in [-0.2, 0) is 11.2 Å². The van der Waals surface area contributed by atoms with Gasteiger partial charge in [0.25, 0.3) is 0 Å². The van der Waals surface area contributed by atoms with Crippen molar-refractivity contribution in [2.75, 3.05) is 5.32 Å². The van der Waals surface area contributed by atoms with Gasteiger partial charge in [-0.1, -0.05) is 38.5 Å². The van der Waals surface area contributed by atoms with Crippen LogP contribution < -0.4 is 10.6 Å². The molecule has 1 aromatic carbocycles. The number of hydrogen-bond donors (Lipinski definition) is 2. The summed E-state index contributed by atoms with van der Waals surface area (Å²) in [6, 6.07) is 8.69. The molecule has 21 heavy (non-hydrogen) atoms. The Hall–Kier alpha value is -1.51. The number of amides is 1. The number of carbonyl (C=O) groups excluding carboxylic acids is 1. The quantitative estimate of drug-likeness (QED) is 0.869. The van der Waals surface area contributed by atoms with Crippen LogP contribution in [0.5, 0.6) is 0 Å². The molecular weight excluding hydrogens is 260 g/mol. The highest BCUT2D eigenvalue weighted by atomic mass is 16.2. The average molecular weight is 288 g/mol. The third-order valence-electron chi connectivity index (χ3n) is 4.62. The Balaban J connectivity index is 1.97. The first-order valence-corrected chi connectivity index (χ1v) is 8.16. The molecule has 0 aromatic heterocycles. The van der Waals surface area contributed by atoms with Crippen LogP contribution in [0.4, 0.5) is 5.69 Å². The first-order valence-electron chi connectivity index (χ1n) is 8.16. The van der Waals surface area contributed by atoms with E-state index < -0.39 is 0 Å². The highest BCUT2D eigenvalue weighted by molar-refractivity contribution is 5.81. The maximum Gasteiger partial charge on any atom is 0.225 e. The molecule has 4 unspecified atom stereocenters. The molecule has 0 fully saturated rings. The van der Waals surface area contributed by atoms with Gasteiger partial charge in [0.2, 0.25) is 5.91 Å². The third-order valence-corrected chi connectivity index (χ3v) is 4.62. The minimum absolute atomic E-state index is 0.0132. The van der Waals surface area contributed by atoms with E-state index in [0.717, 1.165) is 19.3 Å². The van der Waals surface area contributed by atoms with Gasteiger partial charge in [0, 0.05) is 17.8 Å². The molecule has 1 aromatic rings. The molecule has 1 aliphatic rings. The molecular formula is C18H28N2O. The standard InChI is InChI=1S/C18H28N2O/c1-5-12(2)10-13(3)19-18(21)16-11-15-8-6-7-9-17(15)20-14(16)4/h6-9,12-14,16,20H,5,10-11H2,1-4H3,(H,19,21). The fraction of sp³-hybridized carbons (Fsp3) is 0.611. The molecule has 116 valence electrons. The summed E-state index contributed by atoms with van der Waals surface area (Å²) in [7, 11) is 0. The first-order chi connectivity index (χ1) is 10.0. The number of rotatable bonds is 5. The first kappa shape index (κ1) is 15.9. The van der Waals surface area contributed by atoms with Crippen molar-refractivity contribution in [2.24, 2.45) is 11.8 Å². The van der Waals surface area contributed by atoms with Crippen LogP contribution in [0.2, 0.25) is 0 Å². The molecule has 0 saturated heterocycles. The summed E-state index contributed by atoms with van der Waals surface area (Å²) in [5.41, 5.74) is 2.41. The Morgan fingerprint density at radius 2 is 2.10 bits per heavy atom. The normalized spacial score (nSPS) is 23.6. The van der Waals surface area contributed by atoms with Gasteiger partial charge in [-0.2, -0.15) is 0 Å². The second-order valence-electron chi connectivity index (χ2n) is 6.56. The van der Waals surface area contributed by atoms with Crippen molar-refractivity contribution in [3.8, 4) is 0 Å². The maximum atomic E-state index is 12.5. The number of para-hydroxylation sites is 1. The second-order valence-corrected chi connectivity index (χ2v) is 6.56. The summed E-state index contributed by atoms with van der Waals surface area (Å²) >= 11 is 0. The van der Waals surface area contributed by atoms with Gasteiger partial charge in [-0.3, -0.25) is 4.79 Å². The number of benzene rings is 1. The molecule has 2 N–H and O–H groups in total. The summed E-state index contributed by atoms with van der Waals surface area (Å²) in [5.74, 6) is 0.850. The summed E-state index contributed by atoms with van der Waals surface area (Å²) in [4.78, 5) is 12.5. The van der Waals surface area contributed by atoms with E-state index in [2.05, 4.69) is 50.5 Å². The lowest BCUT2D eigenvalue weighted by molar-refractivity contribution is -0.126. The smallest absolute Gasteiger partial charge is 0.225 e. The van der Waals surface area contributed by atoms with Crippen molar-refractivity contribution < 1.29 is 4.79 Å². The molecule has 0 radical (unpaired) electrons. The Morgan fingerprint density at radius 1 is 1.38 bits per heavy atom. The van der Waals surface area contributed by atoms with Crippen LogP contribution in [0, 0.1) is 11.8 Å². The Kier molecular flexibility index (Phi) is 5.27. The number of fused-ring (bicyclic) bond motifs is 1. The number of carbonyl (C=O) groups is 1. The second kappa shape index (κ2) is 6.97. The Labute approximate surface area is 128 Å². The molecule has 3 nitrogen and oxygen atoms in total. The topological polar surface area (TPSA) is 41.1 Å². The highest BCUT2D eigenvalue weighted by Crippen LogP contribution is 2.28. The van der Waals surface area contributed by atoms with Gasteiger partial charge in [0.1, 0.15) is 0 Å². The molecule has 0 aliphatic carbocycles. The summed E-state index contributed by atoms with van der Waals surface area (Å²) in [6.07, 6.45) is 3.04. The van der Waals surface area contributed by atoms with Gasteiger partial charge in [-0.25, -0.2) is 0 Å². The van der Waals surface area contributed by atoms with E-state index in [1.54, 1.807) is 0 Å². The zero-order valence-corrected chi connectivity index (χ0v) is 13.6. The number of anilines is 1. The molecule has 0 saturated carbocycles. The average Bonchev–Trinajstić information content (AvgIpc) is 2.46. The SMILES string of the molecule is CCC(C)CC(C)NC(=O)C1Cc2ccccc2NC1C. The molecule has 1 amide bonds. The summed E-state index contributed by atoms with van der Waals surface area (Å²) < 4.78 is 0. The van der Waals surface area contributed by atoms with E-state index in [1.165, 1.54) is 11.3 Å². The van der Waals surface area contributed by atoms with E-state index in [1.807, 2.05) is 12.1 Å². The summed E-state index contributed by atoms with van der Waals surface area (Å²) in [5, 5.41) is 6.65. The zero-order valence-electron chi connectivity index (χ0n) is 13.6. The number of hydrogen-bond acceptors (Lipinski definition) is 2. The van der Waals surface area contributed by atoms with E-state index in [4.69, 9.17) is 0 Å². The zero-order chi connectivity index (χ0) is 15.4. The lowest BCUT2D eigenvalue weighted by Gasteiger charge is -2.32. The van der Waals surface area contributed by atoms with Gasteiger partial charge in [0.15, 0.2) is 0 Å². The minimum atomic E-state index is 0.0132. The van der Waals surface area contributed by atoms with Gasteiger partial charge >= 0.3 is 0 Å². The van der Waals surface area contributed by atoms with Crippen molar-refractivity contribution in [3.05, 3.63) is 29.8 Å². The van der Waals surface area contributed by atoms with Crippen LogP contribution in [0.25, 0.3) is 0 Å². The van der Waals surface area contributed by atoms with Crippen molar-refractivity contribution in [1.29, 1.82) is 0 Å². The maximum absolute atomic E-state index is 12.5. The van der Waals surface area contributed by atoms with Gasteiger partial charge in [-0.05, 0) is 44.2 Å². The summed E-state index contributed by atoms with van der Waals surface area (Å²) in [6.45, 7) is 8.64. The van der Waals surface area contributed by atoms with Crippen molar-refractivity contribution in [1.82, 2.24) is 5.32 Å². The third kappa shape index (κ3) is 3.99. The Morgan fingerprint density at radius 3 is 2.81 bits per heavy atom. The number of nitrogens with one attached hydrogen (secondary N) is 2. The van der Waals surface area contributed by atoms with Crippen LogP contribution in [0.1, 0.15) is 46.1 Å². The molecule has 1 heterocycles. The highest BCUT2D eigenvalue weighted by Gasteiger charge is 2.30. The van der Waals surface area contributed by atoms with Gasteiger partial charge in [-0.15, -0.1) is 0 Å². The van der Waals surface area contributed by atoms with E-state index in [9.17, 15) is 4.79 Å². The van der Waals surface area contributed by atoms with E-state index in [-0.39, 0.29) is 23.9 Å². The fourth-order valence-electron chi connectivity index (χ4n) is 3.10. The molecule has 3 heteroatoms. The van der Waals surface area contributed by atoms with Gasteiger partial charge in [0.05, 0.1) is 5.92 Å². The van der Waals surface area contributed by atoms with Crippen molar-refractivity contribution in [2.45, 2.75) is 59.0 Å². The Bertz CT molecular complexity index is 486.